The van der Waals surface area contributed by atoms with E-state index in [1.165, 1.54) is 7.11 Å². The summed E-state index contributed by atoms with van der Waals surface area (Å²) in [5.74, 6) is -3.59. The van der Waals surface area contributed by atoms with Gasteiger partial charge in [0.25, 0.3) is 0 Å². The van der Waals surface area contributed by atoms with Crippen LogP contribution in [-0.4, -0.2) is 91.1 Å². The summed E-state index contributed by atoms with van der Waals surface area (Å²) in [6, 6.07) is 28.9. The van der Waals surface area contributed by atoms with E-state index in [-0.39, 0.29) is 45.3 Å². The lowest BCUT2D eigenvalue weighted by Crippen LogP contribution is -2.57. The van der Waals surface area contributed by atoms with Crippen molar-refractivity contribution in [3.8, 4) is 5.75 Å². The lowest BCUT2D eigenvalue weighted by Gasteiger charge is -2.40. The third-order valence-corrected chi connectivity index (χ3v) is 15.0. The number of alkyl carbamates (subject to hydrolysis) is 1. The first-order chi connectivity index (χ1) is 31.6. The Bertz CT molecular complexity index is 2570. The molecule has 5 aromatic rings. The Morgan fingerprint density at radius 3 is 2.15 bits per heavy atom. The molecular formula is C48H58N5O11PS. The number of carbonyl (C=O) groups excluding carboxylic acids is 3. The van der Waals surface area contributed by atoms with Crippen molar-refractivity contribution in [1.82, 2.24) is 25.7 Å². The lowest BCUT2D eigenvalue weighted by molar-refractivity contribution is -0.143. The molecule has 1 unspecified atom stereocenters. The van der Waals surface area contributed by atoms with Crippen LogP contribution >= 0.6 is 7.80 Å². The van der Waals surface area contributed by atoms with E-state index in [2.05, 4.69) is 25.7 Å². The van der Waals surface area contributed by atoms with E-state index >= 15 is 4.57 Å². The van der Waals surface area contributed by atoms with Crippen LogP contribution < -0.4 is 25.4 Å². The minimum absolute atomic E-state index is 0.0347. The van der Waals surface area contributed by atoms with Crippen molar-refractivity contribution in [2.75, 3.05) is 26.1 Å². The van der Waals surface area contributed by atoms with Crippen LogP contribution in [0.2, 0.25) is 0 Å². The van der Waals surface area contributed by atoms with Gasteiger partial charge in [0.05, 0.1) is 24.7 Å². The Kier molecular flexibility index (Phi) is 16.8. The van der Waals surface area contributed by atoms with Gasteiger partial charge in [0, 0.05) is 36.2 Å². The van der Waals surface area contributed by atoms with Gasteiger partial charge >= 0.3 is 12.1 Å². The Hall–Kier alpha value is -6.00. The number of carbonyl (C=O) groups is 4. The number of aliphatic hydroxyl groups is 1. The van der Waals surface area contributed by atoms with E-state index in [0.717, 1.165) is 22.7 Å². The molecule has 5 atom stereocenters. The number of benzene rings is 4. The fourth-order valence-electron chi connectivity index (χ4n) is 8.64. The Morgan fingerprint density at radius 1 is 0.864 bits per heavy atom. The molecule has 0 saturated heterocycles. The number of carboxylic acid groups (broad SMARTS) is 1. The van der Waals surface area contributed by atoms with Crippen LogP contribution in [-0.2, 0) is 46.7 Å². The maximum Gasteiger partial charge on any atom is 0.407 e. The monoisotopic (exact) mass is 943 g/mol. The third-order valence-electron chi connectivity index (χ3n) is 12.1. The number of hydrogen-bond acceptors (Lipinski definition) is 10. The first-order valence-electron chi connectivity index (χ1n) is 21.9. The molecule has 16 nitrogen and oxygen atoms in total. The quantitative estimate of drug-likeness (QED) is 0.0227. The zero-order valence-electron chi connectivity index (χ0n) is 37.0. The number of ether oxygens (including phenoxy) is 2. The topological polar surface area (TPSA) is 242 Å². The first kappa shape index (κ1) is 49.4. The molecule has 1 aliphatic carbocycles. The third kappa shape index (κ3) is 12.9. The number of aliphatic carboxylic acids is 1. The van der Waals surface area contributed by atoms with Crippen molar-refractivity contribution in [1.29, 1.82) is 0 Å². The summed E-state index contributed by atoms with van der Waals surface area (Å²) in [6.45, 7) is 0.223. The van der Waals surface area contributed by atoms with Crippen molar-refractivity contribution in [2.24, 2.45) is 5.41 Å². The minimum atomic E-state index is -4.02. The number of unbranched alkanes of at least 4 members (excludes halogenated alkanes) is 1. The molecule has 1 saturated carbocycles. The van der Waals surface area contributed by atoms with Crippen molar-refractivity contribution >= 4 is 52.6 Å². The second kappa shape index (κ2) is 22.5. The number of nitrogens with one attached hydrogen (secondary N) is 5. The summed E-state index contributed by atoms with van der Waals surface area (Å²) in [4.78, 5) is 57.2. The van der Waals surface area contributed by atoms with Crippen LogP contribution in [0, 0.1) is 5.41 Å². The molecule has 1 heterocycles. The normalized spacial score (nSPS) is 16.2. The molecule has 18 heteroatoms. The molecule has 0 bridgehead atoms. The van der Waals surface area contributed by atoms with Gasteiger partial charge in [-0.1, -0.05) is 104 Å². The number of carboxylic acids is 1. The maximum atomic E-state index is 15.4. The van der Waals surface area contributed by atoms with Gasteiger partial charge in [-0.25, -0.2) is 22.7 Å². The summed E-state index contributed by atoms with van der Waals surface area (Å²) in [6.07, 6.45) is 3.60. The highest BCUT2D eigenvalue weighted by molar-refractivity contribution is 7.88. The number of aromatic nitrogens is 1. The van der Waals surface area contributed by atoms with E-state index in [0.29, 0.717) is 41.7 Å². The zero-order valence-corrected chi connectivity index (χ0v) is 38.8. The van der Waals surface area contributed by atoms with E-state index < -0.39 is 76.7 Å². The molecule has 0 spiro atoms. The number of fused-ring (bicyclic) bond motifs is 1. The van der Waals surface area contributed by atoms with E-state index in [1.54, 1.807) is 60.8 Å². The SMILES string of the molecule is COc1ccc([C@@H](c2ccccc2)[C@@](O)(NC(=O)[C@H](CCCCNC(=O)OCc2ccccc2)NS(C)(=O)=O)[PH](=O)CC2(C(=O)N[C@@H](Cc3c[nH]c4ccccc34)C(=O)O)CCCC2)cc1. The fraction of sp³-hybridized carbons (Fsp3) is 0.375. The van der Waals surface area contributed by atoms with Crippen LogP contribution in [0.4, 0.5) is 4.79 Å². The first-order valence-corrected chi connectivity index (χ1v) is 25.4. The number of rotatable bonds is 23. The van der Waals surface area contributed by atoms with Crippen LogP contribution in [0.1, 0.15) is 73.1 Å². The number of sulfonamides is 1. The Morgan fingerprint density at radius 2 is 1.50 bits per heavy atom. The van der Waals surface area contributed by atoms with Crippen LogP contribution in [0.25, 0.3) is 10.9 Å². The summed E-state index contributed by atoms with van der Waals surface area (Å²) >= 11 is 0. The number of aromatic amines is 1. The van der Waals surface area contributed by atoms with Gasteiger partial charge in [-0.15, -0.1) is 0 Å². The number of H-pyrrole nitrogens is 1. The van der Waals surface area contributed by atoms with Gasteiger partial charge in [-0.2, -0.15) is 0 Å². The van der Waals surface area contributed by atoms with Crippen LogP contribution in [0.15, 0.2) is 115 Å². The smallest absolute Gasteiger partial charge is 0.407 e. The molecule has 352 valence electrons. The molecule has 3 amide bonds. The predicted molar refractivity (Wildman–Crippen MR) is 251 cm³/mol. The Balaban J connectivity index is 1.27. The predicted octanol–water partition coefficient (Wildman–Crippen LogP) is 6.02. The van der Waals surface area contributed by atoms with Crippen LogP contribution in [0.3, 0.4) is 0 Å². The molecule has 0 radical (unpaired) electrons. The van der Waals surface area contributed by atoms with Crippen LogP contribution in [0.5, 0.6) is 5.75 Å². The van der Waals surface area contributed by atoms with Crippen molar-refractivity contribution in [3.63, 3.8) is 0 Å². The lowest BCUT2D eigenvalue weighted by atomic mass is 9.86. The van der Waals surface area contributed by atoms with Gasteiger partial charge in [-0.05, 0) is 72.6 Å². The highest BCUT2D eigenvalue weighted by Gasteiger charge is 2.52. The fourth-order valence-corrected chi connectivity index (χ4v) is 11.7. The number of hydrogen-bond donors (Lipinski definition) is 7. The van der Waals surface area contributed by atoms with Gasteiger partial charge < -0.3 is 45.2 Å². The molecule has 1 aliphatic rings. The van der Waals surface area contributed by atoms with E-state index in [4.69, 9.17) is 9.47 Å². The maximum absolute atomic E-state index is 15.4. The number of amides is 3. The zero-order chi connectivity index (χ0) is 47.3. The second-order valence-electron chi connectivity index (χ2n) is 16.8. The van der Waals surface area contributed by atoms with E-state index in [1.807, 2.05) is 54.6 Å². The van der Waals surface area contributed by atoms with Crippen molar-refractivity contribution in [3.05, 3.63) is 138 Å². The van der Waals surface area contributed by atoms with Gasteiger partial charge in [0.1, 0.15) is 32.2 Å². The molecule has 1 aromatic heterocycles. The average Bonchev–Trinajstić information content (AvgIpc) is 3.96. The summed E-state index contributed by atoms with van der Waals surface area (Å²) in [5.41, 5.74) is -0.823. The van der Waals surface area contributed by atoms with Gasteiger partial charge in [-0.3, -0.25) is 9.59 Å². The number of methoxy groups -OCH3 is 1. The molecule has 0 aliphatic heterocycles. The largest absolute Gasteiger partial charge is 0.497 e. The molecule has 6 rings (SSSR count). The molecule has 4 aromatic carbocycles. The summed E-state index contributed by atoms with van der Waals surface area (Å²) < 4.78 is 53.9. The number of para-hydroxylation sites is 1. The second-order valence-corrected chi connectivity index (χ2v) is 20.6. The molecular weight excluding hydrogens is 886 g/mol. The summed E-state index contributed by atoms with van der Waals surface area (Å²) in [7, 11) is -6.13. The molecule has 66 heavy (non-hydrogen) atoms. The molecule has 1 fully saturated rings. The highest BCUT2D eigenvalue weighted by Crippen LogP contribution is 2.54. The Labute approximate surface area is 385 Å². The highest BCUT2D eigenvalue weighted by atomic mass is 32.2. The van der Waals surface area contributed by atoms with Gasteiger partial charge in [0.15, 0.2) is 5.47 Å². The van der Waals surface area contributed by atoms with Gasteiger partial charge in [0.2, 0.25) is 21.8 Å². The van der Waals surface area contributed by atoms with Crippen molar-refractivity contribution in [2.45, 2.75) is 81.4 Å². The average molecular weight is 944 g/mol. The minimum Gasteiger partial charge on any atom is -0.497 e. The molecule has 7 N–H and O–H groups in total. The standard InChI is InChI=1S/C48H58N5O11PS/c1-63-37-24-22-35(23-25-37)42(34-17-7-4-8-18-34)48(59,52-43(54)40(53-66(2,61)62)21-11-14-28-49-46(58)64-31-33-15-5-3-6-16-33)65(60)32-47(26-12-13-27-47)45(57)51-41(44(55)56)29-36-30-50-39-20-10-9-19-38(36)39/h3-10,15-20,22-25,30,40-42,50,53,59,65H,11-14,21,26-29,31-32H2,1-2H3,(H,49,58)(H,51,57)(H,52,54)(H,55,56)/t40-,41-,42+,48-/m0/s1. The summed E-state index contributed by atoms with van der Waals surface area (Å²) in [5, 5.41) is 32.4. The van der Waals surface area contributed by atoms with E-state index in [9.17, 15) is 37.8 Å². The van der Waals surface area contributed by atoms with Crippen molar-refractivity contribution < 1.29 is 51.8 Å².